The average molecular weight is 230 g/mol. The molecule has 4 heteroatoms. The average Bonchev–Trinajstić information content (AvgIpc) is 2.66. The molecule has 0 heterocycles. The summed E-state index contributed by atoms with van der Waals surface area (Å²) in [5.74, 6) is 1.02. The molecule has 0 aromatic heterocycles. The van der Waals surface area contributed by atoms with Gasteiger partial charge < -0.3 is 11.1 Å². The lowest BCUT2D eigenvalue weighted by atomic mass is 10.2. The maximum absolute atomic E-state index is 11.7. The van der Waals surface area contributed by atoms with Crippen LogP contribution >= 0.6 is 11.8 Å². The van der Waals surface area contributed by atoms with E-state index in [0.29, 0.717) is 6.04 Å². The van der Waals surface area contributed by atoms with E-state index in [4.69, 9.17) is 5.73 Å². The van der Waals surface area contributed by atoms with Gasteiger partial charge in [-0.15, -0.1) is 11.8 Å². The van der Waals surface area contributed by atoms with Crippen LogP contribution in [0, 0.1) is 0 Å². The van der Waals surface area contributed by atoms with Gasteiger partial charge in [0, 0.05) is 17.8 Å². The van der Waals surface area contributed by atoms with E-state index >= 15 is 0 Å². The van der Waals surface area contributed by atoms with E-state index in [1.165, 1.54) is 12.8 Å². The van der Waals surface area contributed by atoms with Crippen LogP contribution in [0.15, 0.2) is 0 Å². The standard InChI is InChI=1S/C11H22N2OS/c1-8(12)7-15-9(2)11(14)13-10-5-3-4-6-10/h8-10H,3-7,12H2,1-2H3,(H,13,14). The molecule has 15 heavy (non-hydrogen) atoms. The predicted molar refractivity (Wildman–Crippen MR) is 66.0 cm³/mol. The molecule has 0 saturated heterocycles. The van der Waals surface area contributed by atoms with Crippen molar-refractivity contribution >= 4 is 17.7 Å². The summed E-state index contributed by atoms with van der Waals surface area (Å²) in [5.41, 5.74) is 5.65. The summed E-state index contributed by atoms with van der Waals surface area (Å²) in [7, 11) is 0. The van der Waals surface area contributed by atoms with Gasteiger partial charge in [-0.3, -0.25) is 4.79 Å². The molecule has 2 atom stereocenters. The Bertz CT molecular complexity index is 203. The second kappa shape index (κ2) is 6.38. The Balaban J connectivity index is 2.20. The van der Waals surface area contributed by atoms with Crippen molar-refractivity contribution < 1.29 is 4.79 Å². The quantitative estimate of drug-likeness (QED) is 0.753. The van der Waals surface area contributed by atoms with Crippen molar-refractivity contribution in [2.45, 2.75) is 56.9 Å². The van der Waals surface area contributed by atoms with Crippen molar-refractivity contribution in [1.82, 2.24) is 5.32 Å². The Morgan fingerprint density at radius 2 is 2.07 bits per heavy atom. The first-order valence-electron chi connectivity index (χ1n) is 5.77. The van der Waals surface area contributed by atoms with Crippen molar-refractivity contribution in [1.29, 1.82) is 0 Å². The van der Waals surface area contributed by atoms with E-state index in [0.717, 1.165) is 18.6 Å². The van der Waals surface area contributed by atoms with Crippen LogP contribution in [-0.4, -0.2) is 29.0 Å². The third kappa shape index (κ3) is 4.89. The van der Waals surface area contributed by atoms with Crippen LogP contribution in [0.25, 0.3) is 0 Å². The van der Waals surface area contributed by atoms with Gasteiger partial charge in [0.1, 0.15) is 0 Å². The fraction of sp³-hybridized carbons (Fsp3) is 0.909. The number of carbonyl (C=O) groups excluding carboxylic acids is 1. The van der Waals surface area contributed by atoms with E-state index in [2.05, 4.69) is 5.32 Å². The normalized spacial score (nSPS) is 21.3. The third-order valence-electron chi connectivity index (χ3n) is 2.68. The Hall–Kier alpha value is -0.220. The molecule has 0 bridgehead atoms. The molecule has 3 N–H and O–H groups in total. The molecule has 1 aliphatic carbocycles. The molecule has 1 saturated carbocycles. The molecule has 0 aromatic carbocycles. The second-order valence-corrected chi connectivity index (χ2v) is 5.82. The van der Waals surface area contributed by atoms with Crippen molar-refractivity contribution in [2.24, 2.45) is 5.73 Å². The van der Waals surface area contributed by atoms with Gasteiger partial charge in [-0.05, 0) is 26.7 Å². The van der Waals surface area contributed by atoms with Crippen LogP contribution < -0.4 is 11.1 Å². The molecule has 3 nitrogen and oxygen atoms in total. The van der Waals surface area contributed by atoms with E-state index in [9.17, 15) is 4.79 Å². The van der Waals surface area contributed by atoms with Crippen LogP contribution in [-0.2, 0) is 4.79 Å². The van der Waals surface area contributed by atoms with Crippen molar-refractivity contribution in [3.8, 4) is 0 Å². The van der Waals surface area contributed by atoms with Gasteiger partial charge in [0.25, 0.3) is 0 Å². The summed E-state index contributed by atoms with van der Waals surface area (Å²) < 4.78 is 0. The molecule has 1 aliphatic rings. The molecule has 0 radical (unpaired) electrons. The highest BCUT2D eigenvalue weighted by atomic mass is 32.2. The smallest absolute Gasteiger partial charge is 0.233 e. The summed E-state index contributed by atoms with van der Waals surface area (Å²) >= 11 is 1.64. The number of hydrogen-bond acceptors (Lipinski definition) is 3. The number of thioether (sulfide) groups is 1. The molecular formula is C11H22N2OS. The van der Waals surface area contributed by atoms with Crippen molar-refractivity contribution in [3.63, 3.8) is 0 Å². The minimum absolute atomic E-state index is 0.0246. The topological polar surface area (TPSA) is 55.1 Å². The van der Waals surface area contributed by atoms with Gasteiger partial charge in [0.05, 0.1) is 5.25 Å². The Morgan fingerprint density at radius 1 is 1.47 bits per heavy atom. The first-order valence-corrected chi connectivity index (χ1v) is 6.82. The zero-order valence-electron chi connectivity index (χ0n) is 9.66. The van der Waals surface area contributed by atoms with Crippen LogP contribution in [0.5, 0.6) is 0 Å². The molecule has 1 rings (SSSR count). The predicted octanol–water partition coefficient (Wildman–Crippen LogP) is 1.51. The summed E-state index contributed by atoms with van der Waals surface area (Å²) in [6.07, 6.45) is 4.81. The second-order valence-electron chi connectivity index (χ2n) is 4.44. The summed E-state index contributed by atoms with van der Waals surface area (Å²) in [5, 5.41) is 3.13. The highest BCUT2D eigenvalue weighted by Gasteiger charge is 2.20. The lowest BCUT2D eigenvalue weighted by Crippen LogP contribution is -2.38. The van der Waals surface area contributed by atoms with Crippen molar-refractivity contribution in [3.05, 3.63) is 0 Å². The Morgan fingerprint density at radius 3 is 2.60 bits per heavy atom. The van der Waals surface area contributed by atoms with Crippen LogP contribution in [0.3, 0.4) is 0 Å². The summed E-state index contributed by atoms with van der Waals surface area (Å²) in [6.45, 7) is 3.92. The largest absolute Gasteiger partial charge is 0.352 e. The molecule has 0 aromatic rings. The van der Waals surface area contributed by atoms with Gasteiger partial charge in [-0.2, -0.15) is 0 Å². The molecule has 1 fully saturated rings. The zero-order valence-corrected chi connectivity index (χ0v) is 10.5. The fourth-order valence-electron chi connectivity index (χ4n) is 1.76. The SMILES string of the molecule is CC(N)CSC(C)C(=O)NC1CCCC1. The van der Waals surface area contributed by atoms with Crippen molar-refractivity contribution in [2.75, 3.05) is 5.75 Å². The molecular weight excluding hydrogens is 208 g/mol. The maximum atomic E-state index is 11.7. The first-order chi connectivity index (χ1) is 7.09. The Labute approximate surface area is 96.6 Å². The highest BCUT2D eigenvalue weighted by molar-refractivity contribution is 8.00. The zero-order chi connectivity index (χ0) is 11.3. The van der Waals surface area contributed by atoms with Gasteiger partial charge in [0.15, 0.2) is 0 Å². The van der Waals surface area contributed by atoms with Gasteiger partial charge in [-0.1, -0.05) is 12.8 Å². The van der Waals surface area contributed by atoms with Gasteiger partial charge >= 0.3 is 0 Å². The minimum atomic E-state index is 0.0246. The summed E-state index contributed by atoms with van der Waals surface area (Å²) in [4.78, 5) is 11.7. The molecule has 1 amide bonds. The lowest BCUT2D eigenvalue weighted by Gasteiger charge is -2.16. The summed E-state index contributed by atoms with van der Waals surface area (Å²) in [6, 6.07) is 0.590. The van der Waals surface area contributed by atoms with E-state index in [1.807, 2.05) is 13.8 Å². The maximum Gasteiger partial charge on any atom is 0.233 e. The number of hydrogen-bond donors (Lipinski definition) is 2. The number of amides is 1. The van der Waals surface area contributed by atoms with Crippen LogP contribution in [0.1, 0.15) is 39.5 Å². The van der Waals surface area contributed by atoms with Crippen LogP contribution in [0.4, 0.5) is 0 Å². The highest BCUT2D eigenvalue weighted by Crippen LogP contribution is 2.19. The third-order valence-corrected chi connectivity index (χ3v) is 4.11. The first kappa shape index (κ1) is 12.8. The molecule has 0 spiro atoms. The Kier molecular flexibility index (Phi) is 5.47. The van der Waals surface area contributed by atoms with E-state index in [1.54, 1.807) is 11.8 Å². The van der Waals surface area contributed by atoms with Gasteiger partial charge in [0.2, 0.25) is 5.91 Å². The number of nitrogens with two attached hydrogens (primary N) is 1. The minimum Gasteiger partial charge on any atom is -0.352 e. The molecule has 0 aliphatic heterocycles. The lowest BCUT2D eigenvalue weighted by molar-refractivity contribution is -0.120. The van der Waals surface area contributed by atoms with E-state index in [-0.39, 0.29) is 17.2 Å². The molecule has 2 unspecified atom stereocenters. The fourth-order valence-corrected chi connectivity index (χ4v) is 2.57. The molecule has 88 valence electrons. The number of carbonyl (C=O) groups is 1. The van der Waals surface area contributed by atoms with Gasteiger partial charge in [-0.25, -0.2) is 0 Å². The number of rotatable bonds is 5. The number of nitrogens with one attached hydrogen (secondary N) is 1. The van der Waals surface area contributed by atoms with E-state index < -0.39 is 0 Å². The van der Waals surface area contributed by atoms with Crippen LogP contribution in [0.2, 0.25) is 0 Å². The monoisotopic (exact) mass is 230 g/mol.